The number of nitrogens with two attached hydrogens (primary N) is 1. The fraction of sp³-hybridized carbons (Fsp3) is 0.650. The summed E-state index contributed by atoms with van der Waals surface area (Å²) in [6.45, 7) is 2.22. The van der Waals surface area contributed by atoms with Crippen LogP contribution in [0.3, 0.4) is 0 Å². The summed E-state index contributed by atoms with van der Waals surface area (Å²) in [4.78, 5) is 14.6. The van der Waals surface area contributed by atoms with Crippen molar-refractivity contribution in [3.05, 3.63) is 24.3 Å². The van der Waals surface area contributed by atoms with Gasteiger partial charge in [0.25, 0.3) is 0 Å². The zero-order valence-electron chi connectivity index (χ0n) is 15.5. The van der Waals surface area contributed by atoms with Crippen molar-refractivity contribution in [3.8, 4) is 11.5 Å². The first-order valence-corrected chi connectivity index (χ1v) is 9.56. The van der Waals surface area contributed by atoms with Crippen molar-refractivity contribution in [2.75, 3.05) is 26.8 Å². The number of amides is 1. The fourth-order valence-electron chi connectivity index (χ4n) is 3.86. The molecule has 1 aromatic rings. The number of aliphatic hydroxyl groups is 1. The standard InChI is InChI=1S/C20H30N2O4/c1-25-16-3-5-17(6-4-16)26-13-14-8-10-22(11-9-14)20(24)15-2-7-18(21)19(23)12-15/h3-6,14-15,18-19,23H,2,7-13,21H2,1H3/t15-,18+,19+/m0/s1. The lowest BCUT2D eigenvalue weighted by Crippen LogP contribution is -2.47. The smallest absolute Gasteiger partial charge is 0.225 e. The average molecular weight is 362 g/mol. The van der Waals surface area contributed by atoms with Gasteiger partial charge in [0, 0.05) is 25.0 Å². The molecule has 3 N–H and O–H groups in total. The van der Waals surface area contributed by atoms with Crippen molar-refractivity contribution >= 4 is 5.91 Å². The number of carbonyl (C=O) groups is 1. The second-order valence-electron chi connectivity index (χ2n) is 7.50. The van der Waals surface area contributed by atoms with Gasteiger partial charge in [0.05, 0.1) is 19.8 Å². The number of piperidine rings is 1. The minimum atomic E-state index is -0.548. The normalized spacial score (nSPS) is 27.2. The molecule has 6 heteroatoms. The second-order valence-corrected chi connectivity index (χ2v) is 7.50. The quantitative estimate of drug-likeness (QED) is 0.834. The van der Waals surface area contributed by atoms with E-state index in [1.54, 1.807) is 7.11 Å². The first-order chi connectivity index (χ1) is 12.6. The van der Waals surface area contributed by atoms with E-state index in [1.165, 1.54) is 0 Å². The number of nitrogens with zero attached hydrogens (tertiary/aromatic N) is 1. The van der Waals surface area contributed by atoms with Crippen molar-refractivity contribution in [3.63, 3.8) is 0 Å². The highest BCUT2D eigenvalue weighted by Crippen LogP contribution is 2.28. The van der Waals surface area contributed by atoms with Crippen LogP contribution in [-0.4, -0.2) is 54.9 Å². The summed E-state index contributed by atoms with van der Waals surface area (Å²) in [5, 5.41) is 9.93. The van der Waals surface area contributed by atoms with E-state index in [2.05, 4.69) is 0 Å². The summed E-state index contributed by atoms with van der Waals surface area (Å²) < 4.78 is 11.0. The molecule has 0 aromatic heterocycles. The van der Waals surface area contributed by atoms with Crippen LogP contribution >= 0.6 is 0 Å². The Morgan fingerprint density at radius 2 is 1.81 bits per heavy atom. The largest absolute Gasteiger partial charge is 0.497 e. The van der Waals surface area contributed by atoms with Gasteiger partial charge in [-0.3, -0.25) is 4.79 Å². The third-order valence-corrected chi connectivity index (χ3v) is 5.69. The van der Waals surface area contributed by atoms with E-state index < -0.39 is 6.10 Å². The summed E-state index contributed by atoms with van der Waals surface area (Å²) in [6, 6.07) is 7.43. The van der Waals surface area contributed by atoms with Crippen molar-refractivity contribution < 1.29 is 19.4 Å². The molecule has 0 radical (unpaired) electrons. The van der Waals surface area contributed by atoms with Gasteiger partial charge in [0.2, 0.25) is 5.91 Å². The lowest BCUT2D eigenvalue weighted by atomic mass is 9.83. The maximum Gasteiger partial charge on any atom is 0.225 e. The SMILES string of the molecule is COc1ccc(OCC2CCN(C(=O)[C@H]3CC[C@@H](N)[C@H](O)C3)CC2)cc1. The zero-order valence-corrected chi connectivity index (χ0v) is 15.5. The summed E-state index contributed by atoms with van der Waals surface area (Å²) >= 11 is 0. The molecule has 6 nitrogen and oxygen atoms in total. The third-order valence-electron chi connectivity index (χ3n) is 5.69. The van der Waals surface area contributed by atoms with Crippen LogP contribution in [0.5, 0.6) is 11.5 Å². The summed E-state index contributed by atoms with van der Waals surface area (Å²) in [6.07, 6.45) is 3.38. The third kappa shape index (κ3) is 4.68. The number of rotatable bonds is 5. The molecule has 1 saturated carbocycles. The number of hydrogen-bond donors (Lipinski definition) is 2. The van der Waals surface area contributed by atoms with Crippen molar-refractivity contribution in [2.45, 2.75) is 44.2 Å². The van der Waals surface area contributed by atoms with E-state index in [4.69, 9.17) is 15.2 Å². The number of hydrogen-bond acceptors (Lipinski definition) is 5. The molecule has 1 aliphatic carbocycles. The molecule has 144 valence electrons. The molecule has 3 rings (SSSR count). The van der Waals surface area contributed by atoms with Crippen LogP contribution in [0.1, 0.15) is 32.1 Å². The van der Waals surface area contributed by atoms with Gasteiger partial charge in [-0.15, -0.1) is 0 Å². The average Bonchev–Trinajstić information content (AvgIpc) is 2.69. The van der Waals surface area contributed by atoms with E-state index in [0.29, 0.717) is 18.9 Å². The molecule has 2 aliphatic rings. The number of carbonyl (C=O) groups excluding carboxylic acids is 1. The Balaban J connectivity index is 1.41. The Morgan fingerprint density at radius 1 is 1.15 bits per heavy atom. The molecular formula is C20H30N2O4. The molecule has 1 amide bonds. The highest BCUT2D eigenvalue weighted by molar-refractivity contribution is 5.79. The van der Waals surface area contributed by atoms with Crippen LogP contribution < -0.4 is 15.2 Å². The minimum absolute atomic E-state index is 0.0723. The number of ether oxygens (including phenoxy) is 2. The Hall–Kier alpha value is -1.79. The molecule has 0 unspecified atom stereocenters. The number of benzene rings is 1. The van der Waals surface area contributed by atoms with Gasteiger partial charge in [0.1, 0.15) is 11.5 Å². The molecule has 0 spiro atoms. The maximum atomic E-state index is 12.7. The monoisotopic (exact) mass is 362 g/mol. The molecule has 1 aromatic carbocycles. The highest BCUT2D eigenvalue weighted by atomic mass is 16.5. The van der Waals surface area contributed by atoms with Crippen LogP contribution in [0.2, 0.25) is 0 Å². The Labute approximate surface area is 155 Å². The first-order valence-electron chi connectivity index (χ1n) is 9.56. The van der Waals surface area contributed by atoms with E-state index in [1.807, 2.05) is 29.2 Å². The topological polar surface area (TPSA) is 85.0 Å². The molecule has 1 heterocycles. The Morgan fingerprint density at radius 3 is 2.42 bits per heavy atom. The Kier molecular flexibility index (Phi) is 6.38. The predicted molar refractivity (Wildman–Crippen MR) is 99.1 cm³/mol. The van der Waals surface area contributed by atoms with Gasteiger partial charge in [-0.1, -0.05) is 0 Å². The molecular weight excluding hydrogens is 332 g/mol. The summed E-state index contributed by atoms with van der Waals surface area (Å²) in [5.41, 5.74) is 5.84. The second kappa shape index (κ2) is 8.73. The summed E-state index contributed by atoms with van der Waals surface area (Å²) in [5.74, 6) is 2.24. The van der Waals surface area contributed by atoms with Gasteiger partial charge in [-0.2, -0.15) is 0 Å². The highest BCUT2D eigenvalue weighted by Gasteiger charge is 2.34. The van der Waals surface area contributed by atoms with Gasteiger partial charge >= 0.3 is 0 Å². The van der Waals surface area contributed by atoms with E-state index >= 15 is 0 Å². The predicted octanol–water partition coefficient (Wildman–Crippen LogP) is 1.80. The lowest BCUT2D eigenvalue weighted by Gasteiger charge is -2.37. The van der Waals surface area contributed by atoms with Gasteiger partial charge in [0.15, 0.2) is 0 Å². The van der Waals surface area contributed by atoms with Crippen LogP contribution in [-0.2, 0) is 4.79 Å². The van der Waals surface area contributed by atoms with Crippen molar-refractivity contribution in [2.24, 2.45) is 17.6 Å². The fourth-order valence-corrected chi connectivity index (χ4v) is 3.86. The first kappa shape index (κ1) is 19.0. The number of likely N-dealkylation sites (tertiary alicyclic amines) is 1. The zero-order chi connectivity index (χ0) is 18.5. The Bertz CT molecular complexity index is 584. The van der Waals surface area contributed by atoms with Crippen molar-refractivity contribution in [1.29, 1.82) is 0 Å². The molecule has 0 bridgehead atoms. The van der Waals surface area contributed by atoms with Crippen LogP contribution in [0, 0.1) is 11.8 Å². The number of aliphatic hydroxyl groups excluding tert-OH is 1. The van der Waals surface area contributed by atoms with E-state index in [-0.39, 0.29) is 17.9 Å². The van der Waals surface area contributed by atoms with Gasteiger partial charge in [-0.05, 0) is 62.3 Å². The number of methoxy groups -OCH3 is 1. The molecule has 1 saturated heterocycles. The van der Waals surface area contributed by atoms with Crippen LogP contribution in [0.4, 0.5) is 0 Å². The lowest BCUT2D eigenvalue weighted by molar-refractivity contribution is -0.139. The maximum absolute atomic E-state index is 12.7. The molecule has 26 heavy (non-hydrogen) atoms. The minimum Gasteiger partial charge on any atom is -0.497 e. The van der Waals surface area contributed by atoms with E-state index in [9.17, 15) is 9.90 Å². The van der Waals surface area contributed by atoms with E-state index in [0.717, 1.165) is 50.3 Å². The van der Waals surface area contributed by atoms with Gasteiger partial charge < -0.3 is 25.2 Å². The van der Waals surface area contributed by atoms with Gasteiger partial charge in [-0.25, -0.2) is 0 Å². The summed E-state index contributed by atoms with van der Waals surface area (Å²) in [7, 11) is 1.65. The van der Waals surface area contributed by atoms with Crippen LogP contribution in [0.15, 0.2) is 24.3 Å². The molecule has 1 aliphatic heterocycles. The van der Waals surface area contributed by atoms with Crippen molar-refractivity contribution in [1.82, 2.24) is 4.90 Å². The van der Waals surface area contributed by atoms with Crippen LogP contribution in [0.25, 0.3) is 0 Å². The molecule has 3 atom stereocenters. The molecule has 2 fully saturated rings.